The van der Waals surface area contributed by atoms with Crippen molar-refractivity contribution in [3.63, 3.8) is 0 Å². The number of carbonyl (C=O) groups excluding carboxylic acids is 1. The molecule has 6 nitrogen and oxygen atoms in total. The molecule has 0 aliphatic heterocycles. The van der Waals surface area contributed by atoms with Gasteiger partial charge >= 0.3 is 5.97 Å². The Kier molecular flexibility index (Phi) is 4.49. The second kappa shape index (κ2) is 5.67. The zero-order valence-electron chi connectivity index (χ0n) is 9.64. The molecule has 0 bridgehead atoms. The van der Waals surface area contributed by atoms with E-state index >= 15 is 0 Å². The monoisotopic (exact) mass is 276 g/mol. The number of hydrogen-bond donors (Lipinski definition) is 2. The van der Waals surface area contributed by atoms with E-state index in [9.17, 15) is 17.6 Å². The van der Waals surface area contributed by atoms with Crippen LogP contribution in [0.3, 0.4) is 0 Å². The van der Waals surface area contributed by atoms with Crippen LogP contribution in [-0.2, 0) is 19.6 Å². The molecule has 0 aliphatic carbocycles. The summed E-state index contributed by atoms with van der Waals surface area (Å²) < 4.78 is 42.6. The summed E-state index contributed by atoms with van der Waals surface area (Å²) in [5.74, 6) is -2.38. The first kappa shape index (κ1) is 14.2. The number of ether oxygens (including phenoxy) is 1. The molecular formula is C10H13FN2O4S. The number of esters is 1. The van der Waals surface area contributed by atoms with E-state index in [1.807, 2.05) is 4.72 Å². The summed E-state index contributed by atoms with van der Waals surface area (Å²) in [4.78, 5) is 11.1. The smallest absolute Gasteiger partial charge is 0.323 e. The van der Waals surface area contributed by atoms with Gasteiger partial charge in [-0.2, -0.15) is 0 Å². The normalized spacial score (nSPS) is 11.0. The third kappa shape index (κ3) is 4.21. The maximum atomic E-state index is 12.9. The van der Waals surface area contributed by atoms with Crippen molar-refractivity contribution in [1.29, 1.82) is 0 Å². The fraction of sp³-hybridized carbons (Fsp3) is 0.300. The summed E-state index contributed by atoms with van der Waals surface area (Å²) >= 11 is 0. The van der Waals surface area contributed by atoms with Crippen molar-refractivity contribution in [2.24, 2.45) is 0 Å². The third-order valence-corrected chi connectivity index (χ3v) is 3.04. The minimum atomic E-state index is -3.97. The molecule has 0 aliphatic rings. The van der Waals surface area contributed by atoms with Crippen LogP contribution in [-0.4, -0.2) is 26.7 Å². The summed E-state index contributed by atoms with van der Waals surface area (Å²) in [5.41, 5.74) is 5.42. The lowest BCUT2D eigenvalue weighted by atomic mass is 10.3. The SMILES string of the molecule is CCOC(=O)CS(=O)(=O)Nc1cc(F)ccc1N. The van der Waals surface area contributed by atoms with Gasteiger partial charge in [0.2, 0.25) is 10.0 Å². The number of anilines is 2. The van der Waals surface area contributed by atoms with Crippen LogP contribution >= 0.6 is 0 Å². The summed E-state index contributed by atoms with van der Waals surface area (Å²) in [7, 11) is -3.97. The maximum Gasteiger partial charge on any atom is 0.323 e. The molecule has 0 saturated carbocycles. The van der Waals surface area contributed by atoms with Gasteiger partial charge in [0.1, 0.15) is 5.82 Å². The summed E-state index contributed by atoms with van der Waals surface area (Å²) in [6.07, 6.45) is 0. The number of nitrogens with one attached hydrogen (secondary N) is 1. The summed E-state index contributed by atoms with van der Waals surface area (Å²) in [6.45, 7) is 1.64. The minimum Gasteiger partial charge on any atom is -0.465 e. The maximum absolute atomic E-state index is 12.9. The standard InChI is InChI=1S/C10H13FN2O4S/c1-2-17-10(14)6-18(15,16)13-9-5-7(11)3-4-8(9)12/h3-5,13H,2,6,12H2,1H3. The van der Waals surface area contributed by atoms with E-state index in [4.69, 9.17) is 5.73 Å². The van der Waals surface area contributed by atoms with E-state index in [0.717, 1.165) is 12.1 Å². The van der Waals surface area contributed by atoms with Crippen molar-refractivity contribution in [2.75, 3.05) is 22.8 Å². The molecule has 0 spiro atoms. The van der Waals surface area contributed by atoms with Gasteiger partial charge in [-0.25, -0.2) is 12.8 Å². The van der Waals surface area contributed by atoms with Crippen LogP contribution in [0.4, 0.5) is 15.8 Å². The Labute approximate surface area is 104 Å². The Bertz CT molecular complexity index is 545. The van der Waals surface area contributed by atoms with Crippen LogP contribution in [0.2, 0.25) is 0 Å². The molecule has 0 aromatic heterocycles. The van der Waals surface area contributed by atoms with Crippen molar-refractivity contribution in [3.8, 4) is 0 Å². The van der Waals surface area contributed by atoms with E-state index in [1.165, 1.54) is 6.07 Å². The largest absolute Gasteiger partial charge is 0.465 e. The molecular weight excluding hydrogens is 263 g/mol. The number of carbonyl (C=O) groups is 1. The molecule has 0 heterocycles. The van der Waals surface area contributed by atoms with Gasteiger partial charge in [0, 0.05) is 6.07 Å². The van der Waals surface area contributed by atoms with Gasteiger partial charge in [0.15, 0.2) is 5.75 Å². The van der Waals surface area contributed by atoms with Crippen LogP contribution in [0, 0.1) is 5.82 Å². The molecule has 1 aromatic carbocycles. The average Bonchev–Trinajstić information content (AvgIpc) is 2.22. The highest BCUT2D eigenvalue weighted by molar-refractivity contribution is 7.93. The number of benzene rings is 1. The molecule has 0 unspecified atom stereocenters. The van der Waals surface area contributed by atoms with Gasteiger partial charge in [-0.05, 0) is 19.1 Å². The van der Waals surface area contributed by atoms with Gasteiger partial charge in [-0.15, -0.1) is 0 Å². The molecule has 3 N–H and O–H groups in total. The second-order valence-electron chi connectivity index (χ2n) is 3.40. The molecule has 1 rings (SSSR count). The van der Waals surface area contributed by atoms with Crippen molar-refractivity contribution in [1.82, 2.24) is 0 Å². The lowest BCUT2D eigenvalue weighted by molar-refractivity contribution is -0.139. The van der Waals surface area contributed by atoms with Crippen LogP contribution in [0.15, 0.2) is 18.2 Å². The fourth-order valence-corrected chi connectivity index (χ4v) is 2.16. The zero-order chi connectivity index (χ0) is 13.8. The Morgan fingerprint density at radius 2 is 2.17 bits per heavy atom. The first-order chi connectivity index (χ1) is 8.34. The highest BCUT2D eigenvalue weighted by Gasteiger charge is 2.18. The number of halogens is 1. The zero-order valence-corrected chi connectivity index (χ0v) is 10.5. The predicted molar refractivity (Wildman–Crippen MR) is 64.9 cm³/mol. The van der Waals surface area contributed by atoms with Crippen LogP contribution in [0.1, 0.15) is 6.92 Å². The first-order valence-corrected chi connectivity index (χ1v) is 6.70. The van der Waals surface area contributed by atoms with E-state index in [2.05, 4.69) is 4.74 Å². The molecule has 1 aromatic rings. The van der Waals surface area contributed by atoms with E-state index < -0.39 is 27.6 Å². The molecule has 0 saturated heterocycles. The molecule has 0 amide bonds. The third-order valence-electron chi connectivity index (χ3n) is 1.89. The number of hydrogen-bond acceptors (Lipinski definition) is 5. The van der Waals surface area contributed by atoms with Crippen molar-refractivity contribution in [2.45, 2.75) is 6.92 Å². The topological polar surface area (TPSA) is 98.5 Å². The molecule has 0 fully saturated rings. The molecule has 18 heavy (non-hydrogen) atoms. The van der Waals surface area contributed by atoms with Crippen LogP contribution < -0.4 is 10.5 Å². The fourth-order valence-electron chi connectivity index (χ4n) is 1.18. The van der Waals surface area contributed by atoms with Gasteiger partial charge in [-0.3, -0.25) is 9.52 Å². The van der Waals surface area contributed by atoms with Gasteiger partial charge in [0.05, 0.1) is 18.0 Å². The average molecular weight is 276 g/mol. The van der Waals surface area contributed by atoms with Crippen molar-refractivity contribution in [3.05, 3.63) is 24.0 Å². The van der Waals surface area contributed by atoms with E-state index in [1.54, 1.807) is 6.92 Å². The number of sulfonamides is 1. The van der Waals surface area contributed by atoms with E-state index in [0.29, 0.717) is 0 Å². The lowest BCUT2D eigenvalue weighted by Gasteiger charge is -2.09. The van der Waals surface area contributed by atoms with Crippen LogP contribution in [0.5, 0.6) is 0 Å². The number of nitrogens with two attached hydrogens (primary N) is 1. The second-order valence-corrected chi connectivity index (χ2v) is 5.12. The van der Waals surface area contributed by atoms with E-state index in [-0.39, 0.29) is 18.0 Å². The minimum absolute atomic E-state index is 0.0591. The molecule has 0 radical (unpaired) electrons. The predicted octanol–water partition coefficient (Wildman–Crippen LogP) is 0.713. The van der Waals surface area contributed by atoms with Gasteiger partial charge in [0.25, 0.3) is 0 Å². The van der Waals surface area contributed by atoms with Crippen molar-refractivity contribution >= 4 is 27.4 Å². The Morgan fingerprint density at radius 3 is 2.78 bits per heavy atom. The quantitative estimate of drug-likeness (QED) is 0.609. The molecule has 8 heteroatoms. The Balaban J connectivity index is 2.82. The Hall–Kier alpha value is -1.83. The lowest BCUT2D eigenvalue weighted by Crippen LogP contribution is -2.24. The summed E-state index contributed by atoms with van der Waals surface area (Å²) in [5, 5.41) is 0. The van der Waals surface area contributed by atoms with Gasteiger partial charge in [-0.1, -0.05) is 0 Å². The van der Waals surface area contributed by atoms with Crippen LogP contribution in [0.25, 0.3) is 0 Å². The number of rotatable bonds is 5. The Morgan fingerprint density at radius 1 is 1.50 bits per heavy atom. The highest BCUT2D eigenvalue weighted by Crippen LogP contribution is 2.20. The molecule has 100 valence electrons. The molecule has 0 atom stereocenters. The first-order valence-electron chi connectivity index (χ1n) is 5.05. The van der Waals surface area contributed by atoms with Gasteiger partial charge < -0.3 is 10.5 Å². The summed E-state index contributed by atoms with van der Waals surface area (Å²) in [6, 6.07) is 3.24. The highest BCUT2D eigenvalue weighted by atomic mass is 32.2. The van der Waals surface area contributed by atoms with Crippen molar-refractivity contribution < 1.29 is 22.3 Å². The number of nitrogen functional groups attached to an aromatic ring is 1.